The van der Waals surface area contributed by atoms with Gasteiger partial charge in [0.05, 0.1) is 32.1 Å². The van der Waals surface area contributed by atoms with Crippen LogP contribution < -0.4 is 5.32 Å². The molecule has 42 heavy (non-hydrogen) atoms. The first-order valence-corrected chi connectivity index (χ1v) is 15.4. The standard InChI is InChI=1S/C31H44N6O5/c1-23-4-2-8-32-19-24-5-6-26-30(42-22-41-26)29(24)37-28(18-27-33-20-25(31(37)34-27)7-17-39-21-23)40-16-3-9-35-10-12-36(13-11-35)14-15-38/h2,5,8,18-19,23,26,38H,3-4,6-7,9-17,20-22H2,1H3,(H,33,34). The van der Waals surface area contributed by atoms with E-state index in [0.717, 1.165) is 99.5 Å². The van der Waals surface area contributed by atoms with E-state index >= 15 is 0 Å². The van der Waals surface area contributed by atoms with Gasteiger partial charge in [-0.25, -0.2) is 0 Å². The Balaban J connectivity index is 1.25. The Bertz CT molecular complexity index is 1200. The third kappa shape index (κ3) is 6.81. The minimum atomic E-state index is -0.132. The molecule has 2 atom stereocenters. The second-order valence-corrected chi connectivity index (χ2v) is 11.6. The molecule has 5 heterocycles. The van der Waals surface area contributed by atoms with Crippen LogP contribution in [0.15, 0.2) is 68.7 Å². The molecule has 2 N–H and O–H groups in total. The van der Waals surface area contributed by atoms with Crippen LogP contribution in [0.2, 0.25) is 0 Å². The predicted octanol–water partition coefficient (Wildman–Crippen LogP) is 2.32. The fourth-order valence-electron chi connectivity index (χ4n) is 6.06. The lowest BCUT2D eigenvalue weighted by atomic mass is 9.97. The number of fused-ring (bicyclic) bond motifs is 4. The van der Waals surface area contributed by atoms with E-state index in [1.807, 2.05) is 18.5 Å². The quantitative estimate of drug-likeness (QED) is 0.439. The van der Waals surface area contributed by atoms with Crippen LogP contribution in [0.25, 0.3) is 0 Å². The van der Waals surface area contributed by atoms with Gasteiger partial charge in [-0.15, -0.1) is 0 Å². The highest BCUT2D eigenvalue weighted by atomic mass is 16.7. The van der Waals surface area contributed by atoms with E-state index in [1.54, 1.807) is 0 Å². The highest BCUT2D eigenvalue weighted by Crippen LogP contribution is 2.39. The number of hydrogen-bond acceptors (Lipinski definition) is 11. The van der Waals surface area contributed by atoms with E-state index < -0.39 is 0 Å². The van der Waals surface area contributed by atoms with Crippen LogP contribution >= 0.6 is 0 Å². The maximum Gasteiger partial charge on any atom is 0.203 e. The number of rotatable bonds is 7. The summed E-state index contributed by atoms with van der Waals surface area (Å²) in [4.78, 5) is 16.4. The molecule has 1 aliphatic carbocycles. The van der Waals surface area contributed by atoms with Crippen LogP contribution in [-0.4, -0.2) is 117 Å². The van der Waals surface area contributed by atoms with E-state index in [-0.39, 0.29) is 19.5 Å². The molecule has 2 saturated heterocycles. The van der Waals surface area contributed by atoms with Gasteiger partial charge in [0.1, 0.15) is 17.8 Å². The van der Waals surface area contributed by atoms with Gasteiger partial charge in [-0.05, 0) is 30.8 Å². The zero-order valence-electron chi connectivity index (χ0n) is 24.7. The first-order chi connectivity index (χ1) is 20.7. The third-order valence-electron chi connectivity index (χ3n) is 8.43. The minimum absolute atomic E-state index is 0.132. The molecule has 6 aliphatic rings. The van der Waals surface area contributed by atoms with Crippen molar-refractivity contribution in [1.29, 1.82) is 0 Å². The van der Waals surface area contributed by atoms with Crippen LogP contribution in [0, 0.1) is 5.92 Å². The summed E-state index contributed by atoms with van der Waals surface area (Å²) < 4.78 is 24.7. The summed E-state index contributed by atoms with van der Waals surface area (Å²) >= 11 is 0. The Labute approximate surface area is 248 Å². The van der Waals surface area contributed by atoms with Crippen LogP contribution in [0.3, 0.4) is 0 Å². The number of nitrogens with one attached hydrogen (secondary N) is 1. The van der Waals surface area contributed by atoms with E-state index in [9.17, 15) is 5.11 Å². The summed E-state index contributed by atoms with van der Waals surface area (Å²) in [6, 6.07) is 0. The predicted molar refractivity (Wildman–Crippen MR) is 160 cm³/mol. The van der Waals surface area contributed by atoms with Crippen LogP contribution in [0.1, 0.15) is 32.6 Å². The lowest BCUT2D eigenvalue weighted by molar-refractivity contribution is 0.0506. The Kier molecular flexibility index (Phi) is 9.71. The number of nitrogens with zero attached hydrogens (tertiary/aromatic N) is 5. The largest absolute Gasteiger partial charge is 0.478 e. The van der Waals surface area contributed by atoms with Crippen molar-refractivity contribution < 1.29 is 24.1 Å². The lowest BCUT2D eigenvalue weighted by Crippen LogP contribution is -2.47. The molecule has 6 rings (SSSR count). The third-order valence-corrected chi connectivity index (χ3v) is 8.43. The van der Waals surface area contributed by atoms with Crippen LogP contribution in [-0.2, 0) is 18.9 Å². The second-order valence-electron chi connectivity index (χ2n) is 11.6. The maximum atomic E-state index is 9.22. The zero-order chi connectivity index (χ0) is 28.7. The van der Waals surface area contributed by atoms with Crippen molar-refractivity contribution in [2.75, 3.05) is 79.0 Å². The molecule has 0 saturated carbocycles. The number of amidine groups is 1. The molecule has 228 valence electrons. The zero-order valence-corrected chi connectivity index (χ0v) is 24.7. The number of piperazine rings is 1. The molecular formula is C31H44N6O5. The summed E-state index contributed by atoms with van der Waals surface area (Å²) in [7, 11) is 0. The fraction of sp³-hybridized carbons (Fsp3) is 0.613. The first kappa shape index (κ1) is 29.1. The van der Waals surface area contributed by atoms with E-state index in [1.165, 1.54) is 5.57 Å². The summed E-state index contributed by atoms with van der Waals surface area (Å²) in [5, 5.41) is 12.8. The van der Waals surface area contributed by atoms with Gasteiger partial charge in [-0.1, -0.05) is 19.1 Å². The molecule has 0 aromatic heterocycles. The van der Waals surface area contributed by atoms with E-state index in [2.05, 4.69) is 44.1 Å². The van der Waals surface area contributed by atoms with Crippen molar-refractivity contribution in [3.05, 3.63) is 58.7 Å². The monoisotopic (exact) mass is 580 g/mol. The number of ether oxygens (including phenoxy) is 4. The molecule has 11 heteroatoms. The maximum absolute atomic E-state index is 9.22. The Hall–Kier alpha value is -2.96. The van der Waals surface area contributed by atoms with Crippen molar-refractivity contribution in [3.8, 4) is 0 Å². The van der Waals surface area contributed by atoms with Gasteiger partial charge in [0.15, 0.2) is 12.6 Å². The minimum Gasteiger partial charge on any atom is -0.478 e. The SMILES string of the molecule is CC1CC=CN=CC2=CCC3OCOC3=C2N2C(OCCCN3CCN(CCO)CC3)=CC3=NCC(=C2N3)CCOC1. The molecule has 0 amide bonds. The normalized spacial score (nSPS) is 27.2. The summed E-state index contributed by atoms with van der Waals surface area (Å²) in [5.41, 5.74) is 3.04. The molecule has 0 aromatic rings. The summed E-state index contributed by atoms with van der Waals surface area (Å²) in [5.74, 6) is 3.71. The number of β-amino-alcohol motifs (C(OH)–C–C–N with tert-alkyl or cyclic N) is 1. The van der Waals surface area contributed by atoms with Crippen molar-refractivity contribution >= 4 is 12.1 Å². The molecule has 5 aliphatic heterocycles. The van der Waals surface area contributed by atoms with E-state index in [0.29, 0.717) is 32.3 Å². The second kappa shape index (κ2) is 14.0. The van der Waals surface area contributed by atoms with Gasteiger partial charge in [-0.2, -0.15) is 0 Å². The number of hydrogen-bond donors (Lipinski definition) is 2. The Morgan fingerprint density at radius 1 is 1.14 bits per heavy atom. The van der Waals surface area contributed by atoms with Gasteiger partial charge in [0.25, 0.3) is 0 Å². The smallest absolute Gasteiger partial charge is 0.203 e. The molecule has 0 spiro atoms. The molecule has 2 unspecified atom stereocenters. The molecule has 11 nitrogen and oxygen atoms in total. The Morgan fingerprint density at radius 2 is 2.00 bits per heavy atom. The Morgan fingerprint density at radius 3 is 2.86 bits per heavy atom. The van der Waals surface area contributed by atoms with Gasteiger partial charge in [0, 0.05) is 76.4 Å². The topological polar surface area (TPSA) is 104 Å². The van der Waals surface area contributed by atoms with Gasteiger partial charge < -0.3 is 34.3 Å². The van der Waals surface area contributed by atoms with Gasteiger partial charge >= 0.3 is 0 Å². The number of aliphatic hydroxyl groups is 1. The van der Waals surface area contributed by atoms with E-state index in [4.69, 9.17) is 23.9 Å². The van der Waals surface area contributed by atoms with Crippen molar-refractivity contribution in [1.82, 2.24) is 20.0 Å². The molecule has 0 radical (unpaired) electrons. The summed E-state index contributed by atoms with van der Waals surface area (Å²) in [6.45, 7) is 10.9. The van der Waals surface area contributed by atoms with Crippen molar-refractivity contribution in [2.45, 2.75) is 38.7 Å². The van der Waals surface area contributed by atoms with Gasteiger partial charge in [0.2, 0.25) is 5.88 Å². The van der Waals surface area contributed by atoms with Crippen molar-refractivity contribution in [3.63, 3.8) is 0 Å². The fourth-order valence-corrected chi connectivity index (χ4v) is 6.06. The average molecular weight is 581 g/mol. The lowest BCUT2D eigenvalue weighted by Gasteiger charge is -2.40. The molecule has 0 aromatic carbocycles. The highest BCUT2D eigenvalue weighted by molar-refractivity contribution is 5.97. The summed E-state index contributed by atoms with van der Waals surface area (Å²) in [6.07, 6.45) is 13.3. The van der Waals surface area contributed by atoms with Gasteiger partial charge in [-0.3, -0.25) is 19.8 Å². The number of aliphatic imine (C=N–C) groups is 2. The number of allylic oxidation sites excluding steroid dienone is 2. The van der Waals surface area contributed by atoms with Crippen LogP contribution in [0.4, 0.5) is 0 Å². The molecular weight excluding hydrogens is 536 g/mol. The highest BCUT2D eigenvalue weighted by Gasteiger charge is 2.39. The van der Waals surface area contributed by atoms with Crippen LogP contribution in [0.5, 0.6) is 0 Å². The first-order valence-electron chi connectivity index (χ1n) is 15.4. The van der Waals surface area contributed by atoms with Crippen molar-refractivity contribution in [2.24, 2.45) is 15.9 Å². The molecule has 2 bridgehead atoms. The average Bonchev–Trinajstić information content (AvgIpc) is 3.48. The molecule has 2 fully saturated rings. The number of aliphatic hydroxyl groups excluding tert-OH is 1.